The molecule has 2 aromatic rings. The largest absolute Gasteiger partial charge is 0.466 e. The number of allylic oxidation sites excluding steroid dienone is 3. The van der Waals surface area contributed by atoms with E-state index in [9.17, 15) is 9.59 Å². The standard InChI is InChI=1S/C26H29NO3S2/c1-5-18-14-19(26(32-18)31-6-2)23-22(25(29)30-4)15(3)27-20-12-17(13-21(28)24(20)23)16-10-8-7-9-11-16/h7-11,14,17,23,27H,5-6,12-13H2,1-4H3/t17-,23-/m0/s1. The highest BCUT2D eigenvalue weighted by atomic mass is 32.2. The van der Waals surface area contributed by atoms with Crippen molar-refractivity contribution < 1.29 is 14.3 Å². The highest BCUT2D eigenvalue weighted by Crippen LogP contribution is 2.49. The first kappa shape index (κ1) is 22.9. The lowest BCUT2D eigenvalue weighted by atomic mass is 9.72. The molecule has 2 heterocycles. The van der Waals surface area contributed by atoms with Crippen LogP contribution in [-0.4, -0.2) is 24.6 Å². The molecule has 1 aliphatic heterocycles. The fourth-order valence-electron chi connectivity index (χ4n) is 4.75. The first-order valence-electron chi connectivity index (χ1n) is 11.1. The van der Waals surface area contributed by atoms with Gasteiger partial charge in [-0.25, -0.2) is 4.79 Å². The molecule has 0 bridgehead atoms. The zero-order valence-corrected chi connectivity index (χ0v) is 20.6. The van der Waals surface area contributed by atoms with Gasteiger partial charge in [-0.3, -0.25) is 4.79 Å². The maximum atomic E-state index is 13.6. The number of dihydropyridines is 1. The summed E-state index contributed by atoms with van der Waals surface area (Å²) >= 11 is 3.55. The number of thioether (sulfide) groups is 1. The number of hydrogen-bond donors (Lipinski definition) is 1. The highest BCUT2D eigenvalue weighted by molar-refractivity contribution is 8.01. The molecule has 0 saturated carbocycles. The van der Waals surface area contributed by atoms with E-state index in [1.165, 1.54) is 21.8 Å². The molecular weight excluding hydrogens is 438 g/mol. The summed E-state index contributed by atoms with van der Waals surface area (Å²) < 4.78 is 6.37. The van der Waals surface area contributed by atoms with Gasteiger partial charge in [0.05, 0.1) is 22.8 Å². The number of hydrogen-bond acceptors (Lipinski definition) is 6. The van der Waals surface area contributed by atoms with Crippen molar-refractivity contribution in [2.45, 2.75) is 56.1 Å². The van der Waals surface area contributed by atoms with Gasteiger partial charge in [0.1, 0.15) is 0 Å². The van der Waals surface area contributed by atoms with E-state index < -0.39 is 0 Å². The van der Waals surface area contributed by atoms with Gasteiger partial charge in [-0.1, -0.05) is 44.2 Å². The van der Waals surface area contributed by atoms with Crippen LogP contribution in [0.5, 0.6) is 0 Å². The molecule has 0 radical (unpaired) electrons. The molecule has 0 saturated heterocycles. The van der Waals surface area contributed by atoms with Crippen LogP contribution in [0.3, 0.4) is 0 Å². The van der Waals surface area contributed by atoms with Crippen molar-refractivity contribution in [3.8, 4) is 0 Å². The average molecular weight is 468 g/mol. The molecule has 0 fully saturated rings. The zero-order valence-electron chi connectivity index (χ0n) is 19.0. The lowest BCUT2D eigenvalue weighted by Gasteiger charge is -2.36. The van der Waals surface area contributed by atoms with E-state index >= 15 is 0 Å². The Morgan fingerprint density at radius 3 is 2.62 bits per heavy atom. The van der Waals surface area contributed by atoms with E-state index in [1.807, 2.05) is 25.1 Å². The Kier molecular flexibility index (Phi) is 6.91. The summed E-state index contributed by atoms with van der Waals surface area (Å²) in [7, 11) is 1.41. The smallest absolute Gasteiger partial charge is 0.336 e. The van der Waals surface area contributed by atoms with Crippen LogP contribution in [0, 0.1) is 0 Å². The lowest BCUT2D eigenvalue weighted by Crippen LogP contribution is -2.36. The highest BCUT2D eigenvalue weighted by Gasteiger charge is 2.42. The van der Waals surface area contributed by atoms with Gasteiger partial charge in [-0.15, -0.1) is 23.1 Å². The minimum atomic E-state index is -0.381. The molecule has 0 amide bonds. The fourth-order valence-corrected chi connectivity index (χ4v) is 7.13. The molecule has 1 N–H and O–H groups in total. The molecule has 32 heavy (non-hydrogen) atoms. The molecular formula is C26H29NO3S2. The lowest BCUT2D eigenvalue weighted by molar-refractivity contribution is -0.136. The van der Waals surface area contributed by atoms with Gasteiger partial charge >= 0.3 is 5.97 Å². The van der Waals surface area contributed by atoms with Crippen LogP contribution in [0.1, 0.15) is 61.5 Å². The van der Waals surface area contributed by atoms with E-state index in [-0.39, 0.29) is 23.6 Å². The minimum absolute atomic E-state index is 0.114. The summed E-state index contributed by atoms with van der Waals surface area (Å²) in [5.41, 5.74) is 5.26. The number of esters is 1. The summed E-state index contributed by atoms with van der Waals surface area (Å²) in [4.78, 5) is 27.8. The fraction of sp³-hybridized carbons (Fsp3) is 0.385. The Labute approximate surface area is 198 Å². The molecule has 2 atom stereocenters. The van der Waals surface area contributed by atoms with Crippen LogP contribution in [-0.2, 0) is 20.7 Å². The number of ether oxygens (including phenoxy) is 1. The molecule has 1 aromatic carbocycles. The number of thiophene rings is 1. The Morgan fingerprint density at radius 2 is 1.97 bits per heavy atom. The van der Waals surface area contributed by atoms with E-state index in [4.69, 9.17) is 4.74 Å². The summed E-state index contributed by atoms with van der Waals surface area (Å²) in [5.74, 6) is 0.438. The van der Waals surface area contributed by atoms with Crippen molar-refractivity contribution in [1.29, 1.82) is 0 Å². The molecule has 168 valence electrons. The molecule has 1 aromatic heterocycles. The Hall–Kier alpha value is -2.31. The quantitative estimate of drug-likeness (QED) is 0.420. The van der Waals surface area contributed by atoms with Gasteiger partial charge in [-0.05, 0) is 48.6 Å². The van der Waals surface area contributed by atoms with E-state index in [0.717, 1.165) is 41.1 Å². The van der Waals surface area contributed by atoms with Gasteiger partial charge in [0.15, 0.2) is 5.78 Å². The van der Waals surface area contributed by atoms with E-state index in [2.05, 4.69) is 37.4 Å². The van der Waals surface area contributed by atoms with E-state index in [1.54, 1.807) is 23.1 Å². The molecule has 2 aliphatic rings. The Morgan fingerprint density at radius 1 is 1.22 bits per heavy atom. The summed E-state index contributed by atoms with van der Waals surface area (Å²) in [6.07, 6.45) is 2.14. The van der Waals surface area contributed by atoms with E-state index in [0.29, 0.717) is 12.0 Å². The topological polar surface area (TPSA) is 55.4 Å². The van der Waals surface area contributed by atoms with Gasteiger partial charge in [-0.2, -0.15) is 0 Å². The number of methoxy groups -OCH3 is 1. The van der Waals surface area contributed by atoms with Gasteiger partial charge in [0.2, 0.25) is 0 Å². The van der Waals surface area contributed by atoms with Crippen molar-refractivity contribution in [2.75, 3.05) is 12.9 Å². The van der Waals surface area contributed by atoms with Crippen LogP contribution < -0.4 is 5.32 Å². The number of carbonyl (C=O) groups is 2. The number of ketones is 1. The summed E-state index contributed by atoms with van der Waals surface area (Å²) in [6.45, 7) is 6.19. The van der Waals surface area contributed by atoms with Gasteiger partial charge < -0.3 is 10.1 Å². The average Bonchev–Trinajstić information content (AvgIpc) is 3.21. The second-order valence-electron chi connectivity index (χ2n) is 8.16. The number of Topliss-reactive ketones (excluding diaryl/α,β-unsaturated/α-hetero) is 1. The first-order valence-corrected chi connectivity index (χ1v) is 12.9. The maximum absolute atomic E-state index is 13.6. The third-order valence-electron chi connectivity index (χ3n) is 6.21. The zero-order chi connectivity index (χ0) is 22.8. The minimum Gasteiger partial charge on any atom is -0.466 e. The Bertz CT molecular complexity index is 1100. The van der Waals surface area contributed by atoms with Gasteiger partial charge in [0.25, 0.3) is 0 Å². The third-order valence-corrected chi connectivity index (χ3v) is 8.69. The Balaban J connectivity index is 1.85. The number of aryl methyl sites for hydroxylation is 1. The summed E-state index contributed by atoms with van der Waals surface area (Å²) in [6, 6.07) is 12.4. The second-order valence-corrected chi connectivity index (χ2v) is 10.8. The molecule has 4 nitrogen and oxygen atoms in total. The van der Waals surface area contributed by atoms with Crippen molar-refractivity contribution >= 4 is 34.9 Å². The number of carbonyl (C=O) groups excluding carboxylic acids is 2. The summed E-state index contributed by atoms with van der Waals surface area (Å²) in [5, 5.41) is 3.42. The predicted octanol–water partition coefficient (Wildman–Crippen LogP) is 5.96. The van der Waals surface area contributed by atoms with Crippen molar-refractivity contribution in [3.05, 3.63) is 74.9 Å². The third kappa shape index (κ3) is 4.18. The van der Waals surface area contributed by atoms with Crippen LogP contribution in [0.2, 0.25) is 0 Å². The van der Waals surface area contributed by atoms with Crippen molar-refractivity contribution in [2.24, 2.45) is 0 Å². The van der Waals surface area contributed by atoms with Crippen molar-refractivity contribution in [1.82, 2.24) is 5.32 Å². The molecule has 0 unspecified atom stereocenters. The normalized spacial score (nSPS) is 20.8. The monoisotopic (exact) mass is 467 g/mol. The predicted molar refractivity (Wildman–Crippen MR) is 131 cm³/mol. The van der Waals surface area contributed by atoms with Gasteiger partial charge in [0, 0.05) is 28.3 Å². The number of nitrogens with one attached hydrogen (secondary N) is 1. The van der Waals surface area contributed by atoms with Crippen LogP contribution in [0.15, 0.2) is 63.1 Å². The number of rotatable bonds is 6. The second kappa shape index (κ2) is 9.67. The van der Waals surface area contributed by atoms with Crippen LogP contribution >= 0.6 is 23.1 Å². The molecule has 0 spiro atoms. The van der Waals surface area contributed by atoms with Crippen LogP contribution in [0.25, 0.3) is 0 Å². The molecule has 6 heteroatoms. The molecule has 1 aliphatic carbocycles. The first-order chi connectivity index (χ1) is 15.5. The van der Waals surface area contributed by atoms with Crippen LogP contribution in [0.4, 0.5) is 0 Å². The molecule has 4 rings (SSSR count). The SMILES string of the molecule is CCSc1sc(CC)cc1[C@H]1C(C(=O)OC)=C(C)NC2=C1C(=O)C[C@@H](c1ccccc1)C2. The maximum Gasteiger partial charge on any atom is 0.336 e. The van der Waals surface area contributed by atoms with Crippen molar-refractivity contribution in [3.63, 3.8) is 0 Å². The number of benzene rings is 1.